The molecule has 0 bridgehead atoms. The molecule has 4 rings (SSSR count). The average Bonchev–Trinajstić information content (AvgIpc) is 3.13. The van der Waals surface area contributed by atoms with Gasteiger partial charge in [-0.1, -0.05) is 0 Å². The number of carbonyl (C=O) groups is 1. The van der Waals surface area contributed by atoms with Crippen molar-refractivity contribution >= 4 is 16.9 Å². The number of benzene rings is 1. The highest BCUT2D eigenvalue weighted by Crippen LogP contribution is 2.41. The molecule has 1 aliphatic carbocycles. The van der Waals surface area contributed by atoms with Crippen LogP contribution < -0.4 is 10.1 Å². The molecule has 0 radical (unpaired) electrons. The lowest BCUT2D eigenvalue weighted by molar-refractivity contribution is -0.0665. The van der Waals surface area contributed by atoms with Crippen LogP contribution in [0.4, 0.5) is 0 Å². The number of hydrogen-bond donors (Lipinski definition) is 1. The van der Waals surface area contributed by atoms with Crippen molar-refractivity contribution in [1.29, 1.82) is 0 Å². The van der Waals surface area contributed by atoms with E-state index in [-0.39, 0.29) is 24.1 Å². The number of furan rings is 1. The van der Waals surface area contributed by atoms with Crippen LogP contribution in [0.1, 0.15) is 22.5 Å². The maximum absolute atomic E-state index is 12.9. The Morgan fingerprint density at radius 2 is 2.16 bits per heavy atom. The number of aryl methyl sites for hydroxylation is 1. The molecule has 4 atom stereocenters. The molecule has 2 aromatic rings. The zero-order valence-corrected chi connectivity index (χ0v) is 15.0. The van der Waals surface area contributed by atoms with Crippen LogP contribution in [0.3, 0.4) is 0 Å². The van der Waals surface area contributed by atoms with Crippen LogP contribution in [0, 0.1) is 12.8 Å². The number of nitrogens with zero attached hydrogens (tertiary/aromatic N) is 1. The maximum atomic E-state index is 12.9. The molecule has 134 valence electrons. The Morgan fingerprint density at radius 1 is 1.36 bits per heavy atom. The maximum Gasteiger partial charge on any atom is 0.287 e. The number of hydrogen-bond acceptors (Lipinski definition) is 5. The molecule has 0 spiro atoms. The number of likely N-dealkylation sites (N-methyl/N-ethyl adjacent to an activating group) is 1. The minimum Gasteiger partial charge on any atom is -0.497 e. The van der Waals surface area contributed by atoms with E-state index in [0.29, 0.717) is 23.0 Å². The Kier molecular flexibility index (Phi) is 3.96. The molecular formula is C19H24N2O4. The monoisotopic (exact) mass is 344 g/mol. The van der Waals surface area contributed by atoms with Crippen LogP contribution in [-0.4, -0.2) is 56.8 Å². The second-order valence-electron chi connectivity index (χ2n) is 7.16. The van der Waals surface area contributed by atoms with Gasteiger partial charge in [-0.15, -0.1) is 0 Å². The van der Waals surface area contributed by atoms with Gasteiger partial charge < -0.3 is 24.1 Å². The predicted octanol–water partition coefficient (Wildman–Crippen LogP) is 2.20. The van der Waals surface area contributed by atoms with Gasteiger partial charge in [0, 0.05) is 29.5 Å². The molecule has 1 aliphatic heterocycles. The van der Waals surface area contributed by atoms with E-state index in [1.54, 1.807) is 7.11 Å². The highest BCUT2D eigenvalue weighted by molar-refractivity contribution is 5.99. The van der Waals surface area contributed by atoms with Gasteiger partial charge in [0.25, 0.3) is 5.91 Å². The van der Waals surface area contributed by atoms with Gasteiger partial charge in [-0.3, -0.25) is 4.79 Å². The standard InChI is InChI=1S/C19H24N2O4/c1-10-12-6-5-11(23-4)9-14(12)25-17(10)19(22)20-15-13-7-8-24-18(13)16(15)21(2)3/h5-6,9,13,15-16,18H,7-8H2,1-4H3,(H,20,22)/t13-,15+,16-,18-/m1/s1. The molecule has 1 N–H and O–H groups in total. The Morgan fingerprint density at radius 3 is 2.88 bits per heavy atom. The van der Waals surface area contributed by atoms with Gasteiger partial charge in [0.05, 0.1) is 25.3 Å². The molecule has 2 heterocycles. The van der Waals surface area contributed by atoms with E-state index in [1.165, 1.54) is 0 Å². The zero-order chi connectivity index (χ0) is 17.7. The molecule has 1 amide bonds. The molecule has 6 heteroatoms. The fourth-order valence-corrected chi connectivity index (χ4v) is 4.25. The topological polar surface area (TPSA) is 63.9 Å². The van der Waals surface area contributed by atoms with Crippen LogP contribution in [0.5, 0.6) is 5.75 Å². The molecular weight excluding hydrogens is 320 g/mol. The third-order valence-corrected chi connectivity index (χ3v) is 5.59. The minimum atomic E-state index is -0.158. The number of ether oxygens (including phenoxy) is 2. The molecule has 25 heavy (non-hydrogen) atoms. The summed E-state index contributed by atoms with van der Waals surface area (Å²) in [6.07, 6.45) is 1.22. The van der Waals surface area contributed by atoms with Crippen molar-refractivity contribution in [2.24, 2.45) is 5.92 Å². The van der Waals surface area contributed by atoms with Gasteiger partial charge in [0.2, 0.25) is 0 Å². The van der Waals surface area contributed by atoms with Crippen molar-refractivity contribution < 1.29 is 18.7 Å². The quantitative estimate of drug-likeness (QED) is 0.921. The zero-order valence-electron chi connectivity index (χ0n) is 15.0. The summed E-state index contributed by atoms with van der Waals surface area (Å²) >= 11 is 0. The summed E-state index contributed by atoms with van der Waals surface area (Å²) in [5.74, 6) is 1.32. The van der Waals surface area contributed by atoms with Crippen molar-refractivity contribution in [1.82, 2.24) is 10.2 Å². The number of rotatable bonds is 4. The molecule has 1 aromatic carbocycles. The highest BCUT2D eigenvalue weighted by atomic mass is 16.5. The van der Waals surface area contributed by atoms with Crippen molar-refractivity contribution in [2.75, 3.05) is 27.8 Å². The van der Waals surface area contributed by atoms with E-state index in [1.807, 2.05) is 39.2 Å². The number of carbonyl (C=O) groups excluding carboxylic acids is 1. The van der Waals surface area contributed by atoms with Crippen LogP contribution in [0.15, 0.2) is 22.6 Å². The summed E-state index contributed by atoms with van der Waals surface area (Å²) in [6, 6.07) is 5.92. The van der Waals surface area contributed by atoms with Gasteiger partial charge >= 0.3 is 0 Å². The van der Waals surface area contributed by atoms with Gasteiger partial charge in [-0.25, -0.2) is 0 Å². The molecule has 1 saturated heterocycles. The fourth-order valence-electron chi connectivity index (χ4n) is 4.25. The fraction of sp³-hybridized carbons (Fsp3) is 0.526. The third kappa shape index (κ3) is 2.51. The van der Waals surface area contributed by atoms with Gasteiger partial charge in [-0.2, -0.15) is 0 Å². The second kappa shape index (κ2) is 6.04. The molecule has 2 fully saturated rings. The minimum absolute atomic E-state index is 0.0946. The second-order valence-corrected chi connectivity index (χ2v) is 7.16. The number of methoxy groups -OCH3 is 1. The van der Waals surface area contributed by atoms with Crippen molar-refractivity contribution in [3.63, 3.8) is 0 Å². The summed E-state index contributed by atoms with van der Waals surface area (Å²) in [4.78, 5) is 15.0. The average molecular weight is 344 g/mol. The van der Waals surface area contributed by atoms with E-state index in [4.69, 9.17) is 13.9 Å². The van der Waals surface area contributed by atoms with Crippen molar-refractivity contribution in [3.05, 3.63) is 29.5 Å². The summed E-state index contributed by atoms with van der Waals surface area (Å²) in [5, 5.41) is 4.12. The first-order valence-electron chi connectivity index (χ1n) is 8.67. The first-order chi connectivity index (χ1) is 12.0. The first-order valence-corrected chi connectivity index (χ1v) is 8.67. The lowest BCUT2D eigenvalue weighted by Gasteiger charge is -2.50. The van der Waals surface area contributed by atoms with Crippen molar-refractivity contribution in [2.45, 2.75) is 31.5 Å². The van der Waals surface area contributed by atoms with E-state index >= 15 is 0 Å². The third-order valence-electron chi connectivity index (χ3n) is 5.59. The van der Waals surface area contributed by atoms with Gasteiger partial charge in [-0.05, 0) is 39.6 Å². The lowest BCUT2D eigenvalue weighted by atomic mass is 9.71. The highest BCUT2D eigenvalue weighted by Gasteiger charge is 2.55. The van der Waals surface area contributed by atoms with Crippen LogP contribution in [0.25, 0.3) is 11.0 Å². The smallest absolute Gasteiger partial charge is 0.287 e. The number of amides is 1. The molecule has 0 unspecified atom stereocenters. The summed E-state index contributed by atoms with van der Waals surface area (Å²) in [7, 11) is 5.67. The SMILES string of the molecule is COc1ccc2c(C)c(C(=O)N[C@H]3[C@H]4CCO[C@H]4[C@@H]3N(C)C)oc2c1. The van der Waals surface area contributed by atoms with Crippen LogP contribution in [-0.2, 0) is 4.74 Å². The number of fused-ring (bicyclic) bond motifs is 2. The van der Waals surface area contributed by atoms with Crippen LogP contribution in [0.2, 0.25) is 0 Å². The molecule has 2 aliphatic rings. The van der Waals surface area contributed by atoms with E-state index < -0.39 is 0 Å². The van der Waals surface area contributed by atoms with Gasteiger partial charge in [0.1, 0.15) is 11.3 Å². The summed E-state index contributed by atoms with van der Waals surface area (Å²) in [5.41, 5.74) is 1.52. The summed E-state index contributed by atoms with van der Waals surface area (Å²) < 4.78 is 16.9. The van der Waals surface area contributed by atoms with Crippen LogP contribution >= 0.6 is 0 Å². The Hall–Kier alpha value is -2.05. The van der Waals surface area contributed by atoms with E-state index in [9.17, 15) is 4.79 Å². The molecule has 6 nitrogen and oxygen atoms in total. The first kappa shape index (κ1) is 16.4. The summed E-state index contributed by atoms with van der Waals surface area (Å²) in [6.45, 7) is 2.69. The Balaban J connectivity index is 1.59. The predicted molar refractivity (Wildman–Crippen MR) is 94.1 cm³/mol. The van der Waals surface area contributed by atoms with E-state index in [2.05, 4.69) is 10.2 Å². The molecule has 1 aromatic heterocycles. The largest absolute Gasteiger partial charge is 0.497 e. The Bertz CT molecular complexity index is 813. The number of nitrogens with one attached hydrogen (secondary N) is 1. The lowest BCUT2D eigenvalue weighted by Crippen LogP contribution is -2.69. The Labute approximate surface area is 147 Å². The van der Waals surface area contributed by atoms with E-state index in [0.717, 1.165) is 24.0 Å². The molecule has 1 saturated carbocycles. The van der Waals surface area contributed by atoms with Gasteiger partial charge in [0.15, 0.2) is 5.76 Å². The van der Waals surface area contributed by atoms with Crippen molar-refractivity contribution in [3.8, 4) is 5.75 Å². The normalized spacial score (nSPS) is 28.0.